The number of rotatable bonds is 7. The fourth-order valence-electron chi connectivity index (χ4n) is 1.81. The zero-order chi connectivity index (χ0) is 12.7. The normalized spacial score (nSPS) is 21.9. The Morgan fingerprint density at radius 3 is 2.82 bits per heavy atom. The van der Waals surface area contributed by atoms with Crippen LogP contribution in [-0.4, -0.2) is 46.5 Å². The van der Waals surface area contributed by atoms with Crippen molar-refractivity contribution in [2.75, 3.05) is 32.0 Å². The van der Waals surface area contributed by atoms with Crippen LogP contribution in [-0.2, 0) is 14.8 Å². The Labute approximate surface area is 104 Å². The Morgan fingerprint density at radius 1 is 1.47 bits per heavy atom. The van der Waals surface area contributed by atoms with Crippen molar-refractivity contribution in [1.29, 1.82) is 0 Å². The summed E-state index contributed by atoms with van der Waals surface area (Å²) in [7, 11) is -3.18. The van der Waals surface area contributed by atoms with Crippen molar-refractivity contribution in [2.45, 2.75) is 32.8 Å². The Bertz CT molecular complexity index is 298. The van der Waals surface area contributed by atoms with E-state index in [1.807, 2.05) is 13.8 Å². The van der Waals surface area contributed by atoms with Gasteiger partial charge in [0.1, 0.15) is 0 Å². The molecule has 0 aromatic carbocycles. The number of piperidine rings is 1. The van der Waals surface area contributed by atoms with Crippen LogP contribution in [0.5, 0.6) is 0 Å². The molecule has 1 aliphatic heterocycles. The van der Waals surface area contributed by atoms with Gasteiger partial charge in [-0.2, -0.15) is 0 Å². The summed E-state index contributed by atoms with van der Waals surface area (Å²) in [6, 6.07) is 0. The van der Waals surface area contributed by atoms with Crippen molar-refractivity contribution in [3.63, 3.8) is 0 Å². The van der Waals surface area contributed by atoms with E-state index in [0.29, 0.717) is 12.5 Å². The molecule has 0 bridgehead atoms. The van der Waals surface area contributed by atoms with Gasteiger partial charge < -0.3 is 10.1 Å². The maximum Gasteiger partial charge on any atom is 0.213 e. The Morgan fingerprint density at radius 2 is 2.24 bits per heavy atom. The van der Waals surface area contributed by atoms with Gasteiger partial charge in [0.05, 0.1) is 18.5 Å². The van der Waals surface area contributed by atoms with Crippen molar-refractivity contribution in [2.24, 2.45) is 5.92 Å². The molecule has 17 heavy (non-hydrogen) atoms. The van der Waals surface area contributed by atoms with E-state index in [4.69, 9.17) is 4.74 Å². The lowest BCUT2D eigenvalue weighted by Gasteiger charge is -2.22. The van der Waals surface area contributed by atoms with Crippen LogP contribution in [0.3, 0.4) is 0 Å². The fraction of sp³-hybridized carbons (Fsp3) is 1.00. The summed E-state index contributed by atoms with van der Waals surface area (Å²) in [5, 5.41) is 3.27. The summed E-state index contributed by atoms with van der Waals surface area (Å²) >= 11 is 0. The van der Waals surface area contributed by atoms with Crippen LogP contribution in [0.4, 0.5) is 0 Å². The minimum atomic E-state index is -3.18. The fourth-order valence-corrected chi connectivity index (χ4v) is 2.76. The molecule has 0 saturated carbocycles. The first-order chi connectivity index (χ1) is 7.99. The van der Waals surface area contributed by atoms with Gasteiger partial charge in [-0.25, -0.2) is 13.1 Å². The van der Waals surface area contributed by atoms with Crippen LogP contribution in [0, 0.1) is 5.92 Å². The Hall–Kier alpha value is -0.170. The van der Waals surface area contributed by atoms with Gasteiger partial charge in [-0.05, 0) is 45.7 Å². The maximum absolute atomic E-state index is 11.6. The van der Waals surface area contributed by atoms with Gasteiger partial charge in [0, 0.05) is 6.54 Å². The van der Waals surface area contributed by atoms with Gasteiger partial charge in [0.25, 0.3) is 0 Å². The molecule has 1 heterocycles. The minimum absolute atomic E-state index is 0.0470. The van der Waals surface area contributed by atoms with Crippen molar-refractivity contribution >= 4 is 10.0 Å². The van der Waals surface area contributed by atoms with Gasteiger partial charge in [-0.1, -0.05) is 0 Å². The largest absolute Gasteiger partial charge is 0.378 e. The molecule has 1 unspecified atom stereocenters. The van der Waals surface area contributed by atoms with Crippen LogP contribution >= 0.6 is 0 Å². The Kier molecular flexibility index (Phi) is 6.40. The van der Waals surface area contributed by atoms with Crippen molar-refractivity contribution in [3.05, 3.63) is 0 Å². The van der Waals surface area contributed by atoms with Gasteiger partial charge in [0.15, 0.2) is 0 Å². The highest BCUT2D eigenvalue weighted by molar-refractivity contribution is 7.89. The molecule has 102 valence electrons. The number of ether oxygens (including phenoxy) is 1. The topological polar surface area (TPSA) is 67.4 Å². The monoisotopic (exact) mass is 264 g/mol. The van der Waals surface area contributed by atoms with Gasteiger partial charge in [-0.15, -0.1) is 0 Å². The van der Waals surface area contributed by atoms with Gasteiger partial charge in [0.2, 0.25) is 10.0 Å². The van der Waals surface area contributed by atoms with Crippen LogP contribution in [0.1, 0.15) is 26.7 Å². The van der Waals surface area contributed by atoms with Crippen LogP contribution in [0.15, 0.2) is 0 Å². The number of hydrogen-bond donors (Lipinski definition) is 2. The van der Waals surface area contributed by atoms with E-state index >= 15 is 0 Å². The van der Waals surface area contributed by atoms with E-state index in [0.717, 1.165) is 25.9 Å². The standard InChI is InChI=1S/C11H24N2O3S/c1-10(2)16-6-7-17(14,15)13-9-11-4-3-5-12-8-11/h10-13H,3-9H2,1-2H3. The van der Waals surface area contributed by atoms with E-state index in [2.05, 4.69) is 10.0 Å². The molecule has 1 atom stereocenters. The molecule has 1 saturated heterocycles. The predicted molar refractivity (Wildman–Crippen MR) is 68.5 cm³/mol. The molecule has 2 N–H and O–H groups in total. The van der Waals surface area contributed by atoms with E-state index in [9.17, 15) is 8.42 Å². The van der Waals surface area contributed by atoms with Gasteiger partial charge >= 0.3 is 0 Å². The zero-order valence-electron chi connectivity index (χ0n) is 10.7. The molecule has 0 spiro atoms. The molecule has 1 fully saturated rings. The summed E-state index contributed by atoms with van der Waals surface area (Å²) in [5.41, 5.74) is 0. The highest BCUT2D eigenvalue weighted by atomic mass is 32.2. The smallest absolute Gasteiger partial charge is 0.213 e. The molecular weight excluding hydrogens is 240 g/mol. The van der Waals surface area contributed by atoms with E-state index < -0.39 is 10.0 Å². The van der Waals surface area contributed by atoms with Crippen LogP contribution < -0.4 is 10.0 Å². The van der Waals surface area contributed by atoms with Crippen molar-refractivity contribution in [1.82, 2.24) is 10.0 Å². The lowest BCUT2D eigenvalue weighted by atomic mass is 10.0. The molecule has 0 amide bonds. The minimum Gasteiger partial charge on any atom is -0.378 e. The van der Waals surface area contributed by atoms with E-state index in [1.165, 1.54) is 0 Å². The summed E-state index contributed by atoms with van der Waals surface area (Å²) in [6.07, 6.45) is 2.30. The summed E-state index contributed by atoms with van der Waals surface area (Å²) in [4.78, 5) is 0. The maximum atomic E-state index is 11.6. The first-order valence-corrected chi connectivity index (χ1v) is 7.94. The first-order valence-electron chi connectivity index (χ1n) is 6.29. The molecule has 5 nitrogen and oxygen atoms in total. The molecule has 1 rings (SSSR count). The molecule has 0 radical (unpaired) electrons. The third kappa shape index (κ3) is 6.98. The summed E-state index contributed by atoms with van der Waals surface area (Å²) in [6.45, 7) is 6.55. The summed E-state index contributed by atoms with van der Waals surface area (Å²) < 4.78 is 31.2. The predicted octanol–water partition coefficient (Wildman–Crippen LogP) is 0.330. The first kappa shape index (κ1) is 14.9. The van der Waals surface area contributed by atoms with Crippen molar-refractivity contribution < 1.29 is 13.2 Å². The van der Waals surface area contributed by atoms with Crippen LogP contribution in [0.2, 0.25) is 0 Å². The third-order valence-corrected chi connectivity index (χ3v) is 4.10. The van der Waals surface area contributed by atoms with Crippen LogP contribution in [0.25, 0.3) is 0 Å². The molecule has 1 aliphatic rings. The van der Waals surface area contributed by atoms with Gasteiger partial charge in [-0.3, -0.25) is 0 Å². The highest BCUT2D eigenvalue weighted by Crippen LogP contribution is 2.08. The molecule has 0 aliphatic carbocycles. The molecule has 6 heteroatoms. The summed E-state index contributed by atoms with van der Waals surface area (Å²) in [5.74, 6) is 0.468. The number of hydrogen-bond acceptors (Lipinski definition) is 4. The Balaban J connectivity index is 2.19. The SMILES string of the molecule is CC(C)OCCS(=O)(=O)NCC1CCCNC1. The number of sulfonamides is 1. The highest BCUT2D eigenvalue weighted by Gasteiger charge is 2.16. The van der Waals surface area contributed by atoms with E-state index in [-0.39, 0.29) is 18.5 Å². The average molecular weight is 264 g/mol. The molecule has 0 aromatic rings. The lowest BCUT2D eigenvalue weighted by molar-refractivity contribution is 0.0911. The van der Waals surface area contributed by atoms with Crippen molar-refractivity contribution in [3.8, 4) is 0 Å². The lowest BCUT2D eigenvalue weighted by Crippen LogP contribution is -2.39. The zero-order valence-corrected chi connectivity index (χ0v) is 11.6. The molecular formula is C11H24N2O3S. The second-order valence-corrected chi connectivity index (χ2v) is 6.73. The molecule has 0 aromatic heterocycles. The van der Waals surface area contributed by atoms with E-state index in [1.54, 1.807) is 0 Å². The number of nitrogens with one attached hydrogen (secondary N) is 2. The second-order valence-electron chi connectivity index (χ2n) is 4.80. The second kappa shape index (κ2) is 7.31. The quantitative estimate of drug-likeness (QED) is 0.695. The third-order valence-electron chi connectivity index (χ3n) is 2.79. The average Bonchev–Trinajstić information content (AvgIpc) is 2.27.